The Hall–Kier alpha value is -1.49. The molecule has 0 aliphatic carbocycles. The highest BCUT2D eigenvalue weighted by Gasteiger charge is 2.21. The number of carbonyl (C=O) groups excluding carboxylic acids is 1. The quantitative estimate of drug-likeness (QED) is 0.902. The summed E-state index contributed by atoms with van der Waals surface area (Å²) in [4.78, 5) is 14.1. The molecular weight excluding hydrogens is 242 g/mol. The molecule has 5 heteroatoms. The summed E-state index contributed by atoms with van der Waals surface area (Å²) in [6.07, 6.45) is 5.33. The number of ether oxygens (including phenoxy) is 1. The SMILES string of the molecule is CCn1cc(N)cc1C(=O)N(C)CC1CCCCO1. The van der Waals surface area contributed by atoms with Crippen molar-refractivity contribution in [1.29, 1.82) is 0 Å². The highest BCUT2D eigenvalue weighted by molar-refractivity contribution is 5.93. The Bertz CT molecular complexity index is 436. The number of hydrogen-bond donors (Lipinski definition) is 1. The summed E-state index contributed by atoms with van der Waals surface area (Å²) >= 11 is 0. The fourth-order valence-electron chi connectivity index (χ4n) is 2.51. The second-order valence-electron chi connectivity index (χ2n) is 5.12. The maximum absolute atomic E-state index is 12.4. The van der Waals surface area contributed by atoms with Crippen LogP contribution in [0.15, 0.2) is 12.3 Å². The molecule has 1 aromatic heterocycles. The summed E-state index contributed by atoms with van der Waals surface area (Å²) in [5.74, 6) is 0.00715. The maximum atomic E-state index is 12.4. The van der Waals surface area contributed by atoms with Gasteiger partial charge in [-0.2, -0.15) is 0 Å². The van der Waals surface area contributed by atoms with E-state index < -0.39 is 0 Å². The summed E-state index contributed by atoms with van der Waals surface area (Å²) in [7, 11) is 1.82. The number of nitrogen functional groups attached to an aromatic ring is 1. The largest absolute Gasteiger partial charge is 0.397 e. The molecular formula is C14H23N3O2. The van der Waals surface area contributed by atoms with E-state index in [0.717, 1.165) is 26.0 Å². The number of nitrogens with two attached hydrogens (primary N) is 1. The standard InChI is InChI=1S/C14H23N3O2/c1-3-17-9-11(15)8-13(17)14(18)16(2)10-12-6-4-5-7-19-12/h8-9,12H,3-7,10,15H2,1-2H3. The third-order valence-electron chi connectivity index (χ3n) is 3.58. The molecule has 2 heterocycles. The first kappa shape index (κ1) is 13.9. The van der Waals surface area contributed by atoms with Gasteiger partial charge in [-0.1, -0.05) is 0 Å². The fourth-order valence-corrected chi connectivity index (χ4v) is 2.51. The molecule has 2 N–H and O–H groups in total. The minimum absolute atomic E-state index is 0.00715. The van der Waals surface area contributed by atoms with E-state index in [1.54, 1.807) is 17.2 Å². The number of aromatic nitrogens is 1. The van der Waals surface area contributed by atoms with E-state index in [1.807, 2.05) is 18.5 Å². The summed E-state index contributed by atoms with van der Waals surface area (Å²) in [6, 6.07) is 1.74. The molecule has 1 saturated heterocycles. The topological polar surface area (TPSA) is 60.5 Å². The van der Waals surface area contributed by atoms with Crippen LogP contribution in [-0.2, 0) is 11.3 Å². The van der Waals surface area contributed by atoms with Crippen molar-refractivity contribution in [2.75, 3.05) is 25.9 Å². The lowest BCUT2D eigenvalue weighted by molar-refractivity contribution is -0.000369. The van der Waals surface area contributed by atoms with Crippen LogP contribution in [0.4, 0.5) is 5.69 Å². The molecule has 2 rings (SSSR count). The van der Waals surface area contributed by atoms with Gasteiger partial charge in [0.15, 0.2) is 0 Å². The van der Waals surface area contributed by atoms with Crippen LogP contribution in [0, 0.1) is 0 Å². The van der Waals surface area contributed by atoms with Crippen LogP contribution in [0.1, 0.15) is 36.7 Å². The highest BCUT2D eigenvalue weighted by atomic mass is 16.5. The molecule has 0 saturated carbocycles. The monoisotopic (exact) mass is 265 g/mol. The summed E-state index contributed by atoms with van der Waals surface area (Å²) in [6.45, 7) is 4.20. The first-order valence-electron chi connectivity index (χ1n) is 6.94. The molecule has 5 nitrogen and oxygen atoms in total. The molecule has 1 amide bonds. The number of likely N-dealkylation sites (N-methyl/N-ethyl adjacent to an activating group) is 1. The van der Waals surface area contributed by atoms with E-state index in [9.17, 15) is 4.79 Å². The number of anilines is 1. The van der Waals surface area contributed by atoms with Gasteiger partial charge in [-0.15, -0.1) is 0 Å². The second kappa shape index (κ2) is 6.10. The van der Waals surface area contributed by atoms with Crippen molar-refractivity contribution < 1.29 is 9.53 Å². The van der Waals surface area contributed by atoms with Gasteiger partial charge in [0.1, 0.15) is 5.69 Å². The van der Waals surface area contributed by atoms with Gasteiger partial charge in [0, 0.05) is 32.9 Å². The highest BCUT2D eigenvalue weighted by Crippen LogP contribution is 2.16. The number of aryl methyl sites for hydroxylation is 1. The van der Waals surface area contributed by atoms with Crippen LogP contribution >= 0.6 is 0 Å². The van der Waals surface area contributed by atoms with Crippen molar-refractivity contribution in [1.82, 2.24) is 9.47 Å². The Morgan fingerprint density at radius 3 is 3.00 bits per heavy atom. The van der Waals surface area contributed by atoms with Crippen LogP contribution in [0.25, 0.3) is 0 Å². The summed E-state index contributed by atoms with van der Waals surface area (Å²) < 4.78 is 7.56. The zero-order valence-electron chi connectivity index (χ0n) is 11.8. The molecule has 19 heavy (non-hydrogen) atoms. The first-order chi connectivity index (χ1) is 9.11. The van der Waals surface area contributed by atoms with Gasteiger partial charge in [-0.05, 0) is 32.3 Å². The number of amides is 1. The van der Waals surface area contributed by atoms with E-state index in [2.05, 4.69) is 0 Å². The van der Waals surface area contributed by atoms with Gasteiger partial charge in [0.05, 0.1) is 11.8 Å². The second-order valence-corrected chi connectivity index (χ2v) is 5.12. The van der Waals surface area contributed by atoms with Crippen molar-refractivity contribution >= 4 is 11.6 Å². The summed E-state index contributed by atoms with van der Waals surface area (Å²) in [5, 5.41) is 0. The predicted octanol–water partition coefficient (Wildman–Crippen LogP) is 1.73. The van der Waals surface area contributed by atoms with Gasteiger partial charge < -0.3 is 19.9 Å². The molecule has 106 valence electrons. The Morgan fingerprint density at radius 1 is 1.58 bits per heavy atom. The average Bonchev–Trinajstić information content (AvgIpc) is 2.80. The molecule has 0 radical (unpaired) electrons. The molecule has 0 aromatic carbocycles. The van der Waals surface area contributed by atoms with Crippen LogP contribution in [-0.4, -0.2) is 41.7 Å². The Balaban J connectivity index is 2.01. The Morgan fingerprint density at radius 2 is 2.37 bits per heavy atom. The maximum Gasteiger partial charge on any atom is 0.270 e. The average molecular weight is 265 g/mol. The van der Waals surface area contributed by atoms with Crippen molar-refractivity contribution in [3.8, 4) is 0 Å². The van der Waals surface area contributed by atoms with Crippen LogP contribution in [0.3, 0.4) is 0 Å². The van der Waals surface area contributed by atoms with Gasteiger partial charge in [-0.25, -0.2) is 0 Å². The number of nitrogens with zero attached hydrogens (tertiary/aromatic N) is 2. The van der Waals surface area contributed by atoms with Crippen molar-refractivity contribution in [2.24, 2.45) is 0 Å². The van der Waals surface area contributed by atoms with E-state index >= 15 is 0 Å². The molecule has 0 bridgehead atoms. The van der Waals surface area contributed by atoms with Crippen molar-refractivity contribution in [2.45, 2.75) is 38.8 Å². The van der Waals surface area contributed by atoms with E-state index in [0.29, 0.717) is 17.9 Å². The molecule has 1 fully saturated rings. The minimum Gasteiger partial charge on any atom is -0.397 e. The predicted molar refractivity (Wildman–Crippen MR) is 75.1 cm³/mol. The molecule has 1 aliphatic rings. The van der Waals surface area contributed by atoms with Gasteiger partial charge in [-0.3, -0.25) is 4.79 Å². The molecule has 1 atom stereocenters. The van der Waals surface area contributed by atoms with Crippen molar-refractivity contribution in [3.63, 3.8) is 0 Å². The Kier molecular flexibility index (Phi) is 4.47. The van der Waals surface area contributed by atoms with Crippen molar-refractivity contribution in [3.05, 3.63) is 18.0 Å². The van der Waals surface area contributed by atoms with Crippen LogP contribution in [0.2, 0.25) is 0 Å². The lowest BCUT2D eigenvalue weighted by Gasteiger charge is -2.27. The van der Waals surface area contributed by atoms with E-state index in [1.165, 1.54) is 6.42 Å². The number of carbonyl (C=O) groups is 1. The normalized spacial score (nSPS) is 19.4. The molecule has 1 aromatic rings. The fraction of sp³-hybridized carbons (Fsp3) is 0.643. The van der Waals surface area contributed by atoms with Gasteiger partial charge in [0.2, 0.25) is 0 Å². The van der Waals surface area contributed by atoms with E-state index in [-0.39, 0.29) is 12.0 Å². The van der Waals surface area contributed by atoms with Gasteiger partial charge >= 0.3 is 0 Å². The third-order valence-corrected chi connectivity index (χ3v) is 3.58. The zero-order chi connectivity index (χ0) is 13.8. The number of hydrogen-bond acceptors (Lipinski definition) is 3. The molecule has 1 aliphatic heterocycles. The zero-order valence-corrected chi connectivity index (χ0v) is 11.8. The minimum atomic E-state index is 0.00715. The molecule has 1 unspecified atom stereocenters. The summed E-state index contributed by atoms with van der Waals surface area (Å²) in [5.41, 5.74) is 7.04. The first-order valence-corrected chi connectivity index (χ1v) is 6.94. The van der Waals surface area contributed by atoms with Gasteiger partial charge in [0.25, 0.3) is 5.91 Å². The van der Waals surface area contributed by atoms with Crippen LogP contribution in [0.5, 0.6) is 0 Å². The third kappa shape index (κ3) is 3.29. The lowest BCUT2D eigenvalue weighted by atomic mass is 10.1. The molecule has 0 spiro atoms. The number of rotatable bonds is 4. The lowest BCUT2D eigenvalue weighted by Crippen LogP contribution is -2.37. The smallest absolute Gasteiger partial charge is 0.270 e. The van der Waals surface area contributed by atoms with E-state index in [4.69, 9.17) is 10.5 Å². The van der Waals surface area contributed by atoms with Crippen LogP contribution < -0.4 is 5.73 Å². The Labute approximate surface area is 114 Å².